The van der Waals surface area contributed by atoms with Gasteiger partial charge in [-0.3, -0.25) is 4.90 Å². The van der Waals surface area contributed by atoms with Crippen molar-refractivity contribution in [1.29, 1.82) is 0 Å². The molecule has 21 heavy (non-hydrogen) atoms. The van der Waals surface area contributed by atoms with Gasteiger partial charge >= 0.3 is 0 Å². The van der Waals surface area contributed by atoms with Crippen LogP contribution in [-0.4, -0.2) is 64.4 Å². The number of nitrogens with zero attached hydrogens (tertiary/aromatic N) is 4. The average Bonchev–Trinajstić information content (AvgIpc) is 3.11. The number of likely N-dealkylation sites (N-methyl/N-ethyl adjacent to an activating group) is 1. The van der Waals surface area contributed by atoms with Crippen LogP contribution in [0.2, 0.25) is 0 Å². The van der Waals surface area contributed by atoms with E-state index in [2.05, 4.69) is 19.9 Å². The molecule has 114 valence electrons. The summed E-state index contributed by atoms with van der Waals surface area (Å²) in [5.41, 5.74) is 0.963. The van der Waals surface area contributed by atoms with Crippen LogP contribution in [0.25, 0.3) is 11.5 Å². The number of likely N-dealkylation sites (tertiary alicyclic amines) is 1. The van der Waals surface area contributed by atoms with Crippen molar-refractivity contribution in [1.82, 2.24) is 19.9 Å². The number of aliphatic hydroxyl groups is 1. The maximum atomic E-state index is 9.89. The lowest BCUT2D eigenvalue weighted by atomic mass is 10.2. The van der Waals surface area contributed by atoms with Gasteiger partial charge in [-0.2, -0.15) is 16.3 Å². The molecule has 2 aromatic heterocycles. The molecule has 0 aliphatic carbocycles. The first-order valence-corrected chi connectivity index (χ1v) is 7.98. The lowest BCUT2D eigenvalue weighted by molar-refractivity contribution is 0.166. The van der Waals surface area contributed by atoms with Gasteiger partial charge < -0.3 is 14.5 Å². The Morgan fingerprint density at radius 1 is 1.52 bits per heavy atom. The van der Waals surface area contributed by atoms with Crippen molar-refractivity contribution in [2.24, 2.45) is 0 Å². The third kappa shape index (κ3) is 3.49. The third-order valence-corrected chi connectivity index (χ3v) is 4.35. The molecule has 0 radical (unpaired) electrons. The molecule has 1 aliphatic rings. The largest absolute Gasteiger partial charge is 0.392 e. The van der Waals surface area contributed by atoms with Gasteiger partial charge in [0.2, 0.25) is 0 Å². The maximum absolute atomic E-state index is 9.89. The van der Waals surface area contributed by atoms with Gasteiger partial charge in [-0.25, -0.2) is 0 Å². The second-order valence-corrected chi connectivity index (χ2v) is 6.54. The van der Waals surface area contributed by atoms with E-state index < -0.39 is 0 Å². The van der Waals surface area contributed by atoms with Crippen LogP contribution in [0.1, 0.15) is 12.2 Å². The van der Waals surface area contributed by atoms with Crippen molar-refractivity contribution in [2.75, 3.05) is 27.2 Å². The van der Waals surface area contributed by atoms with E-state index >= 15 is 0 Å². The molecule has 6 nitrogen and oxygen atoms in total. The predicted molar refractivity (Wildman–Crippen MR) is 81.0 cm³/mol. The highest BCUT2D eigenvalue weighted by atomic mass is 32.1. The molecule has 1 aliphatic heterocycles. The molecule has 0 bridgehead atoms. The van der Waals surface area contributed by atoms with E-state index in [0.29, 0.717) is 30.8 Å². The van der Waals surface area contributed by atoms with Gasteiger partial charge in [-0.1, -0.05) is 5.16 Å². The number of thiophene rings is 1. The van der Waals surface area contributed by atoms with Crippen molar-refractivity contribution in [2.45, 2.75) is 25.1 Å². The van der Waals surface area contributed by atoms with E-state index in [9.17, 15) is 5.11 Å². The van der Waals surface area contributed by atoms with Crippen LogP contribution in [0, 0.1) is 0 Å². The summed E-state index contributed by atoms with van der Waals surface area (Å²) < 4.78 is 5.31. The van der Waals surface area contributed by atoms with E-state index in [1.165, 1.54) is 0 Å². The number of aliphatic hydroxyl groups excluding tert-OH is 1. The van der Waals surface area contributed by atoms with E-state index in [1.807, 2.05) is 30.9 Å². The monoisotopic (exact) mass is 308 g/mol. The second-order valence-electron chi connectivity index (χ2n) is 5.76. The molecule has 2 aromatic rings. The fourth-order valence-corrected chi connectivity index (χ4v) is 3.40. The summed E-state index contributed by atoms with van der Waals surface area (Å²) in [6.45, 7) is 2.20. The van der Waals surface area contributed by atoms with Crippen LogP contribution in [-0.2, 0) is 6.54 Å². The first kappa shape index (κ1) is 14.6. The standard InChI is InChI=1S/C14H20N4O2S/c1-17(2)6-11-5-12(19)7-18(11)8-13-15-14(20-16-13)10-3-4-21-9-10/h3-4,9,11-12,19H,5-8H2,1-2H3. The van der Waals surface area contributed by atoms with E-state index in [4.69, 9.17) is 4.52 Å². The van der Waals surface area contributed by atoms with Gasteiger partial charge in [-0.15, -0.1) is 0 Å². The van der Waals surface area contributed by atoms with Gasteiger partial charge in [0, 0.05) is 24.5 Å². The highest BCUT2D eigenvalue weighted by Crippen LogP contribution is 2.23. The molecular weight excluding hydrogens is 288 g/mol. The molecule has 2 atom stereocenters. The summed E-state index contributed by atoms with van der Waals surface area (Å²) in [5, 5.41) is 17.9. The quantitative estimate of drug-likeness (QED) is 0.898. The molecule has 0 aromatic carbocycles. The van der Waals surface area contributed by atoms with Crippen molar-refractivity contribution in [3.05, 3.63) is 22.7 Å². The minimum atomic E-state index is -0.266. The number of aromatic nitrogens is 2. The Morgan fingerprint density at radius 2 is 2.38 bits per heavy atom. The number of hydrogen-bond donors (Lipinski definition) is 1. The first-order valence-electron chi connectivity index (χ1n) is 7.04. The predicted octanol–water partition coefficient (Wildman–Crippen LogP) is 1.29. The molecule has 0 spiro atoms. The van der Waals surface area contributed by atoms with E-state index in [1.54, 1.807) is 11.3 Å². The molecule has 1 fully saturated rings. The Bertz CT molecular complexity index is 569. The lowest BCUT2D eigenvalue weighted by Gasteiger charge is -2.25. The first-order chi connectivity index (χ1) is 10.1. The van der Waals surface area contributed by atoms with Crippen LogP contribution in [0.4, 0.5) is 0 Å². The van der Waals surface area contributed by atoms with Crippen molar-refractivity contribution < 1.29 is 9.63 Å². The van der Waals surface area contributed by atoms with Crippen molar-refractivity contribution in [3.63, 3.8) is 0 Å². The molecule has 3 heterocycles. The fourth-order valence-electron chi connectivity index (χ4n) is 2.77. The minimum Gasteiger partial charge on any atom is -0.392 e. The molecule has 0 saturated carbocycles. The smallest absolute Gasteiger partial charge is 0.258 e. The summed E-state index contributed by atoms with van der Waals surface area (Å²) in [6, 6.07) is 2.30. The fraction of sp³-hybridized carbons (Fsp3) is 0.571. The SMILES string of the molecule is CN(C)CC1CC(O)CN1Cc1noc(-c2ccsc2)n1. The molecule has 7 heteroatoms. The van der Waals surface area contributed by atoms with Gasteiger partial charge in [-0.05, 0) is 32.0 Å². The van der Waals surface area contributed by atoms with Gasteiger partial charge in [0.05, 0.1) is 18.2 Å². The minimum absolute atomic E-state index is 0.266. The number of rotatable bonds is 5. The Hall–Kier alpha value is -1.28. The Labute approximate surface area is 128 Å². The zero-order valence-corrected chi connectivity index (χ0v) is 13.1. The third-order valence-electron chi connectivity index (χ3n) is 3.66. The second kappa shape index (κ2) is 6.23. The highest BCUT2D eigenvalue weighted by Gasteiger charge is 2.32. The van der Waals surface area contributed by atoms with Crippen LogP contribution >= 0.6 is 11.3 Å². The van der Waals surface area contributed by atoms with Gasteiger partial charge in [0.1, 0.15) is 0 Å². The molecule has 2 unspecified atom stereocenters. The van der Waals surface area contributed by atoms with Crippen molar-refractivity contribution >= 4 is 11.3 Å². The summed E-state index contributed by atoms with van der Waals surface area (Å²) in [4.78, 5) is 8.82. The molecule has 1 saturated heterocycles. The number of hydrogen-bond acceptors (Lipinski definition) is 7. The Kier molecular flexibility index (Phi) is 4.34. The average molecular weight is 308 g/mol. The topological polar surface area (TPSA) is 65.6 Å². The molecule has 0 amide bonds. The van der Waals surface area contributed by atoms with Crippen LogP contribution < -0.4 is 0 Å². The van der Waals surface area contributed by atoms with Crippen molar-refractivity contribution in [3.8, 4) is 11.5 Å². The lowest BCUT2D eigenvalue weighted by Crippen LogP contribution is -2.37. The van der Waals surface area contributed by atoms with Gasteiger partial charge in [0.25, 0.3) is 5.89 Å². The zero-order chi connectivity index (χ0) is 14.8. The van der Waals surface area contributed by atoms with Crippen LogP contribution in [0.5, 0.6) is 0 Å². The highest BCUT2D eigenvalue weighted by molar-refractivity contribution is 7.08. The normalized spacial score (nSPS) is 23.2. The number of β-amino-alcohol motifs (C(OH)–C–C–N with tert-alkyl or cyclic N) is 1. The maximum Gasteiger partial charge on any atom is 0.258 e. The summed E-state index contributed by atoms with van der Waals surface area (Å²) in [5.74, 6) is 1.24. The molecule has 3 rings (SSSR count). The summed E-state index contributed by atoms with van der Waals surface area (Å²) >= 11 is 1.61. The van der Waals surface area contributed by atoms with E-state index in [-0.39, 0.29) is 6.10 Å². The van der Waals surface area contributed by atoms with Gasteiger partial charge in [0.15, 0.2) is 5.82 Å². The Balaban J connectivity index is 1.68. The van der Waals surface area contributed by atoms with Crippen LogP contribution in [0.3, 0.4) is 0 Å². The molecule has 1 N–H and O–H groups in total. The molecular formula is C14H20N4O2S. The zero-order valence-electron chi connectivity index (χ0n) is 12.3. The summed E-state index contributed by atoms with van der Waals surface area (Å²) in [6.07, 6.45) is 0.533. The van der Waals surface area contributed by atoms with Crippen LogP contribution in [0.15, 0.2) is 21.3 Å². The van der Waals surface area contributed by atoms with E-state index in [0.717, 1.165) is 18.5 Å². The summed E-state index contributed by atoms with van der Waals surface area (Å²) in [7, 11) is 4.10. The Morgan fingerprint density at radius 3 is 3.10 bits per heavy atom.